The highest BCUT2D eigenvalue weighted by atomic mass is 16.6. The molecule has 8 aromatic rings. The van der Waals surface area contributed by atoms with E-state index in [-0.39, 0.29) is 23.3 Å². The van der Waals surface area contributed by atoms with Crippen LogP contribution in [-0.4, -0.2) is 134 Å². The Morgan fingerprint density at radius 2 is 1.12 bits per heavy atom. The Morgan fingerprint density at radius 3 is 1.55 bits per heavy atom. The zero-order valence-corrected chi connectivity index (χ0v) is 44.2. The monoisotopic (exact) mass is 1030 g/mol. The van der Waals surface area contributed by atoms with E-state index in [0.29, 0.717) is 53.7 Å². The molecule has 4 aromatic carbocycles. The number of benzene rings is 4. The number of rotatable bonds is 8. The number of anilines is 2. The maximum absolute atomic E-state index is 13.7. The van der Waals surface area contributed by atoms with Gasteiger partial charge >= 0.3 is 6.09 Å². The summed E-state index contributed by atoms with van der Waals surface area (Å²) in [5, 5.41) is 13.2. The number of hydrogen-bond acceptors (Lipinski definition) is 11. The highest BCUT2D eigenvalue weighted by Gasteiger charge is 2.37. The van der Waals surface area contributed by atoms with E-state index in [2.05, 4.69) is 88.2 Å². The van der Waals surface area contributed by atoms with Crippen LogP contribution in [0.15, 0.2) is 107 Å². The summed E-state index contributed by atoms with van der Waals surface area (Å²) in [7, 11) is 0. The molecule has 8 aliphatic heterocycles. The first-order chi connectivity index (χ1) is 37.4. The molecule has 16 nitrogen and oxygen atoms in total. The molecule has 2 atom stereocenters. The lowest BCUT2D eigenvalue weighted by Crippen LogP contribution is -2.53. The van der Waals surface area contributed by atoms with Crippen LogP contribution in [0.5, 0.6) is 0 Å². The van der Waals surface area contributed by atoms with Gasteiger partial charge in [0.25, 0.3) is 11.1 Å². The number of carbonyl (C=O) groups excluding carboxylic acids is 1. The first-order valence-corrected chi connectivity index (χ1v) is 27.8. The van der Waals surface area contributed by atoms with Crippen molar-refractivity contribution in [2.45, 2.75) is 77.0 Å². The van der Waals surface area contributed by atoms with Crippen molar-refractivity contribution in [2.75, 3.05) is 76.1 Å². The van der Waals surface area contributed by atoms with E-state index in [1.807, 2.05) is 75.4 Å². The first-order valence-electron chi connectivity index (χ1n) is 27.8. The molecule has 8 aliphatic rings. The van der Waals surface area contributed by atoms with Gasteiger partial charge in [-0.05, 0) is 175 Å². The molecule has 6 saturated heterocycles. The lowest BCUT2D eigenvalue weighted by Gasteiger charge is -2.45. The zero-order chi connectivity index (χ0) is 52.4. The lowest BCUT2D eigenvalue weighted by molar-refractivity contribution is 0.0270. The van der Waals surface area contributed by atoms with Crippen LogP contribution in [0.1, 0.15) is 70.4 Å². The fourth-order valence-corrected chi connectivity index (χ4v) is 12.8. The zero-order valence-electron chi connectivity index (χ0n) is 44.2. The molecule has 1 amide bonds. The Bertz CT molecular complexity index is 3680. The van der Waals surface area contributed by atoms with Crippen molar-refractivity contribution in [3.63, 3.8) is 0 Å². The molecule has 77 heavy (non-hydrogen) atoms. The summed E-state index contributed by atoms with van der Waals surface area (Å²) in [6, 6.07) is 29.1. The van der Waals surface area contributed by atoms with Gasteiger partial charge in [-0.25, -0.2) is 14.8 Å². The van der Waals surface area contributed by atoms with Crippen LogP contribution in [0.2, 0.25) is 0 Å². The van der Waals surface area contributed by atoms with Gasteiger partial charge in [-0.15, -0.1) is 0 Å². The molecule has 0 radical (unpaired) electrons. The fraction of sp³-hybridized carbons (Fsp3) is 0.393. The third kappa shape index (κ3) is 9.83. The Morgan fingerprint density at radius 1 is 0.610 bits per heavy atom. The molecule has 6 fully saturated rings. The summed E-state index contributed by atoms with van der Waals surface area (Å²) in [6.45, 7) is 15.3. The average molecular weight is 1030 g/mol. The number of piperidine rings is 6. The van der Waals surface area contributed by atoms with Crippen molar-refractivity contribution in [3.05, 3.63) is 129 Å². The predicted octanol–water partition coefficient (Wildman–Crippen LogP) is 9.56. The highest BCUT2D eigenvalue weighted by molar-refractivity contribution is 6.02. The van der Waals surface area contributed by atoms with Crippen LogP contribution in [0.3, 0.4) is 0 Å². The van der Waals surface area contributed by atoms with Gasteiger partial charge in [-0.2, -0.15) is 0 Å². The fourth-order valence-electron chi connectivity index (χ4n) is 12.8. The number of imidazole rings is 2. The van der Waals surface area contributed by atoms with E-state index in [4.69, 9.17) is 14.7 Å². The molecule has 7 N–H and O–H groups in total. The third-order valence-electron chi connectivity index (χ3n) is 16.9. The van der Waals surface area contributed by atoms with Crippen molar-refractivity contribution in [2.24, 2.45) is 11.8 Å². The minimum atomic E-state index is -0.522. The van der Waals surface area contributed by atoms with E-state index >= 15 is 0 Å². The largest absolute Gasteiger partial charge is 0.444 e. The van der Waals surface area contributed by atoms with Gasteiger partial charge in [-0.3, -0.25) is 9.59 Å². The Kier molecular flexibility index (Phi) is 12.8. The Balaban J connectivity index is 0.000000149. The Labute approximate surface area is 446 Å². The summed E-state index contributed by atoms with van der Waals surface area (Å²) >= 11 is 0. The number of nitrogens with zero attached hydrogens (tertiary/aromatic N) is 5. The quantitative estimate of drug-likeness (QED) is 0.0766. The van der Waals surface area contributed by atoms with Gasteiger partial charge in [0.05, 0.1) is 44.5 Å². The number of amides is 1. The summed E-state index contributed by atoms with van der Waals surface area (Å²) < 4.78 is 5.58. The van der Waals surface area contributed by atoms with Crippen LogP contribution in [0.4, 0.5) is 16.2 Å². The van der Waals surface area contributed by atoms with Gasteiger partial charge in [-0.1, -0.05) is 48.6 Å². The SMILES string of the molecule is CC(C)(C)OC(=O)N1CC=C(c2ccc3[nH]c(=O)c(-c4nc5ccccc5[nH]4)c(N[C@H]4CN5CCC4CC5)c3c2)CC1.O=c1[nH]c2ccc(C3=CCNCC3)cc2c(N[C@H]2CN3CCC2CC3)c1-c1nc2ccccc2[nH]1. The second-order valence-electron chi connectivity index (χ2n) is 23.0. The standard InChI is InChI=1S/C33H38N6O3.C28H30N6O/c1-33(2,3)42-32(41)39-16-12-20(13-17-39)22-8-9-24-23(18-22)29(34-27-19-38-14-10-21(27)11-15-38)28(31(40)37-24)30-35-25-6-4-5-7-26(25)36-30;35-28-25(27-31-22-3-1-2-4-23(22)32-27)26(30-24-16-34-13-9-18(24)10-14-34)20-15-19(5-6-21(20)33-28)17-7-11-29-12-8-17/h4-9,12,18,21,27H,10-11,13-17,19H2,1-3H3,(H,35,36)(H2,34,37,40);1-7,15,18,24,29H,8-14,16H2,(H,31,32)(H2,30,33,35)/t27-;24-/m00/s1. The summed E-state index contributed by atoms with van der Waals surface area (Å²) in [4.78, 5) is 69.4. The number of para-hydroxylation sites is 4. The maximum Gasteiger partial charge on any atom is 0.410 e. The number of aromatic nitrogens is 6. The van der Waals surface area contributed by atoms with Crippen LogP contribution in [0.25, 0.3) is 77.8 Å². The van der Waals surface area contributed by atoms with Gasteiger partial charge in [0.1, 0.15) is 28.4 Å². The molecule has 0 saturated carbocycles. The molecule has 0 spiro atoms. The lowest BCUT2D eigenvalue weighted by atomic mass is 9.83. The summed E-state index contributed by atoms with van der Waals surface area (Å²) in [5.74, 6) is 2.40. The summed E-state index contributed by atoms with van der Waals surface area (Å²) in [6.07, 6.45) is 10.6. The second kappa shape index (κ2) is 20.1. The molecule has 4 aromatic heterocycles. The molecule has 396 valence electrons. The molecular formula is C61H68N12O4. The van der Waals surface area contributed by atoms with E-state index in [1.54, 1.807) is 4.90 Å². The van der Waals surface area contributed by atoms with Crippen LogP contribution in [-0.2, 0) is 4.74 Å². The van der Waals surface area contributed by atoms with Gasteiger partial charge in [0.15, 0.2) is 0 Å². The molecule has 16 heteroatoms. The predicted molar refractivity (Wildman–Crippen MR) is 308 cm³/mol. The number of H-pyrrole nitrogens is 4. The number of fused-ring (bicyclic) bond motifs is 10. The van der Waals surface area contributed by atoms with Crippen molar-refractivity contribution in [1.82, 2.24) is 49.9 Å². The number of carbonyl (C=O) groups is 1. The summed E-state index contributed by atoms with van der Waals surface area (Å²) in [5.41, 5.74) is 12.1. The van der Waals surface area contributed by atoms with Gasteiger partial charge in [0.2, 0.25) is 0 Å². The van der Waals surface area contributed by atoms with E-state index in [1.165, 1.54) is 55.5 Å². The minimum absolute atomic E-state index is 0.117. The van der Waals surface area contributed by atoms with Crippen LogP contribution in [0, 0.1) is 11.8 Å². The smallest absolute Gasteiger partial charge is 0.410 e. The number of hydrogen-bond donors (Lipinski definition) is 7. The third-order valence-corrected chi connectivity index (χ3v) is 16.9. The second-order valence-corrected chi connectivity index (χ2v) is 23.0. The number of aromatic amines is 4. The molecule has 16 rings (SSSR count). The Hall–Kier alpha value is -7.53. The average Bonchev–Trinajstić information content (AvgIpc) is 4.10. The molecule has 0 aliphatic carbocycles. The van der Waals surface area contributed by atoms with Crippen molar-refractivity contribution in [3.8, 4) is 22.8 Å². The highest BCUT2D eigenvalue weighted by Crippen LogP contribution is 2.40. The molecular weight excluding hydrogens is 965 g/mol. The number of pyridine rings is 2. The molecule has 4 bridgehead atoms. The van der Waals surface area contributed by atoms with E-state index < -0.39 is 5.60 Å². The topological polar surface area (TPSA) is 195 Å². The molecule has 12 heterocycles. The first kappa shape index (κ1) is 49.1. The number of nitrogens with one attached hydrogen (secondary N) is 7. The molecule has 0 unspecified atom stereocenters. The van der Waals surface area contributed by atoms with Crippen molar-refractivity contribution in [1.29, 1.82) is 0 Å². The van der Waals surface area contributed by atoms with Crippen LogP contribution >= 0.6 is 0 Å². The van der Waals surface area contributed by atoms with Gasteiger partial charge in [0, 0.05) is 55.6 Å². The number of ether oxygens (including phenoxy) is 1. The van der Waals surface area contributed by atoms with Crippen molar-refractivity contribution >= 4 is 72.5 Å². The van der Waals surface area contributed by atoms with Crippen LogP contribution < -0.4 is 27.1 Å². The van der Waals surface area contributed by atoms with Crippen molar-refractivity contribution < 1.29 is 9.53 Å². The van der Waals surface area contributed by atoms with E-state index in [0.717, 1.165) is 113 Å². The maximum atomic E-state index is 13.7. The normalized spacial score (nSPS) is 23.2. The van der Waals surface area contributed by atoms with E-state index in [9.17, 15) is 14.4 Å². The van der Waals surface area contributed by atoms with Gasteiger partial charge < -0.3 is 55.3 Å². The minimum Gasteiger partial charge on any atom is -0.444 e.